The molecule has 13 heavy (non-hydrogen) atoms. The van der Waals surface area contributed by atoms with Crippen molar-refractivity contribution in [3.8, 4) is 0 Å². The number of carboxylic acid groups (broad SMARTS) is 2. The van der Waals surface area contributed by atoms with Crippen molar-refractivity contribution in [3.63, 3.8) is 0 Å². The van der Waals surface area contributed by atoms with Gasteiger partial charge in [-0.2, -0.15) is 0 Å². The van der Waals surface area contributed by atoms with E-state index in [9.17, 15) is 9.59 Å². The molecule has 1 unspecified atom stereocenters. The van der Waals surface area contributed by atoms with Gasteiger partial charge in [0.25, 0.3) is 0 Å². The molecule has 0 spiro atoms. The molecule has 0 aromatic carbocycles. The zero-order valence-corrected chi connectivity index (χ0v) is 7.78. The molecule has 0 fully saturated rings. The van der Waals surface area contributed by atoms with Crippen LogP contribution in [0.25, 0.3) is 0 Å². The van der Waals surface area contributed by atoms with Gasteiger partial charge in [0.1, 0.15) is 0 Å². The number of unbranched alkanes of at least 4 members (excludes halogenated alkanes) is 1. The summed E-state index contributed by atoms with van der Waals surface area (Å²) >= 11 is 0. The fourth-order valence-corrected chi connectivity index (χ4v) is 0.882. The molecule has 0 aliphatic rings. The highest BCUT2D eigenvalue weighted by Gasteiger charge is 2.21. The van der Waals surface area contributed by atoms with Crippen LogP contribution in [-0.2, 0) is 9.59 Å². The Kier molecular flexibility index (Phi) is 4.80. The van der Waals surface area contributed by atoms with Gasteiger partial charge in [0.05, 0.1) is 5.92 Å². The summed E-state index contributed by atoms with van der Waals surface area (Å²) in [7, 11) is 0. The second-order valence-corrected chi connectivity index (χ2v) is 2.81. The number of hydrogen-bond acceptors (Lipinski definition) is 2. The molecule has 4 nitrogen and oxygen atoms in total. The number of allylic oxidation sites excluding steroid dienone is 1. The molecule has 0 radical (unpaired) electrons. The zero-order valence-electron chi connectivity index (χ0n) is 7.78. The Morgan fingerprint density at radius 1 is 1.38 bits per heavy atom. The summed E-state index contributed by atoms with van der Waals surface area (Å²) in [5.74, 6) is -3.20. The van der Waals surface area contributed by atoms with Gasteiger partial charge in [0, 0.05) is 5.57 Å². The van der Waals surface area contributed by atoms with Crippen LogP contribution in [0.2, 0.25) is 0 Å². The lowest BCUT2D eigenvalue weighted by Gasteiger charge is -2.06. The maximum absolute atomic E-state index is 10.6. The Labute approximate surface area is 76.9 Å². The Morgan fingerprint density at radius 3 is 2.23 bits per heavy atom. The number of hydrogen-bond donors (Lipinski definition) is 2. The first kappa shape index (κ1) is 11.7. The van der Waals surface area contributed by atoms with Crippen molar-refractivity contribution in [1.29, 1.82) is 0 Å². The first-order valence-corrected chi connectivity index (χ1v) is 4.16. The Morgan fingerprint density at radius 2 is 1.92 bits per heavy atom. The third kappa shape index (κ3) is 3.73. The van der Waals surface area contributed by atoms with E-state index in [1.807, 2.05) is 6.92 Å². The van der Waals surface area contributed by atoms with Crippen molar-refractivity contribution in [2.45, 2.75) is 26.7 Å². The van der Waals surface area contributed by atoms with Gasteiger partial charge in [0.15, 0.2) is 0 Å². The largest absolute Gasteiger partial charge is 0.481 e. The van der Waals surface area contributed by atoms with E-state index in [1.54, 1.807) is 0 Å². The van der Waals surface area contributed by atoms with Crippen molar-refractivity contribution in [3.05, 3.63) is 11.6 Å². The molecule has 0 aliphatic carbocycles. The van der Waals surface area contributed by atoms with Gasteiger partial charge in [-0.1, -0.05) is 19.4 Å². The molecule has 0 bridgehead atoms. The van der Waals surface area contributed by atoms with Crippen molar-refractivity contribution < 1.29 is 19.8 Å². The molecule has 0 aromatic heterocycles. The third-order valence-electron chi connectivity index (χ3n) is 1.74. The molecule has 0 amide bonds. The summed E-state index contributed by atoms with van der Waals surface area (Å²) in [4.78, 5) is 21.1. The van der Waals surface area contributed by atoms with E-state index in [0.29, 0.717) is 6.42 Å². The van der Waals surface area contributed by atoms with E-state index < -0.39 is 17.9 Å². The van der Waals surface area contributed by atoms with Gasteiger partial charge in [-0.25, -0.2) is 4.79 Å². The Bertz CT molecular complexity index is 230. The average molecular weight is 186 g/mol. The van der Waals surface area contributed by atoms with Crippen LogP contribution >= 0.6 is 0 Å². The van der Waals surface area contributed by atoms with E-state index in [4.69, 9.17) is 10.2 Å². The first-order valence-electron chi connectivity index (χ1n) is 4.16. The first-order chi connectivity index (χ1) is 6.00. The number of aliphatic carboxylic acids is 2. The van der Waals surface area contributed by atoms with Gasteiger partial charge in [-0.15, -0.1) is 0 Å². The van der Waals surface area contributed by atoms with Crippen LogP contribution in [-0.4, -0.2) is 22.2 Å². The fourth-order valence-electron chi connectivity index (χ4n) is 0.882. The molecule has 0 rings (SSSR count). The summed E-state index contributed by atoms with van der Waals surface area (Å²) in [6, 6.07) is 0. The molecule has 0 saturated heterocycles. The van der Waals surface area contributed by atoms with Gasteiger partial charge in [-0.3, -0.25) is 4.79 Å². The smallest absolute Gasteiger partial charge is 0.332 e. The van der Waals surface area contributed by atoms with Crippen LogP contribution in [0.15, 0.2) is 11.6 Å². The number of carbonyl (C=O) groups is 2. The van der Waals surface area contributed by atoms with Crippen LogP contribution < -0.4 is 0 Å². The van der Waals surface area contributed by atoms with Crippen LogP contribution in [0, 0.1) is 5.92 Å². The SMILES string of the molecule is CCC/C=C(\C(=O)O)C(C)C(=O)O. The lowest BCUT2D eigenvalue weighted by atomic mass is 10.00. The molecule has 4 heteroatoms. The van der Waals surface area contributed by atoms with Crippen molar-refractivity contribution in [2.75, 3.05) is 0 Å². The third-order valence-corrected chi connectivity index (χ3v) is 1.74. The molecule has 1 atom stereocenters. The number of carboxylic acids is 2. The van der Waals surface area contributed by atoms with Crippen LogP contribution in [0.4, 0.5) is 0 Å². The second kappa shape index (κ2) is 5.35. The van der Waals surface area contributed by atoms with Crippen LogP contribution in [0.3, 0.4) is 0 Å². The average Bonchev–Trinajstić information content (AvgIpc) is 2.04. The summed E-state index contributed by atoms with van der Waals surface area (Å²) in [6.45, 7) is 3.28. The van der Waals surface area contributed by atoms with E-state index >= 15 is 0 Å². The summed E-state index contributed by atoms with van der Waals surface area (Å²) in [5.41, 5.74) is -0.0330. The molecular formula is C9H14O4. The van der Waals surface area contributed by atoms with Gasteiger partial charge >= 0.3 is 11.9 Å². The summed E-state index contributed by atoms with van der Waals surface area (Å²) < 4.78 is 0. The standard InChI is InChI=1S/C9H14O4/c1-3-4-5-7(9(12)13)6(2)8(10)11/h5-6H,3-4H2,1-2H3,(H,10,11)(H,12,13)/b7-5-. The summed E-state index contributed by atoms with van der Waals surface area (Å²) in [5, 5.41) is 17.3. The molecule has 74 valence electrons. The van der Waals surface area contributed by atoms with E-state index in [0.717, 1.165) is 6.42 Å². The minimum absolute atomic E-state index is 0.0330. The lowest BCUT2D eigenvalue weighted by Crippen LogP contribution is -2.18. The van der Waals surface area contributed by atoms with E-state index in [1.165, 1.54) is 13.0 Å². The zero-order chi connectivity index (χ0) is 10.4. The van der Waals surface area contributed by atoms with Crippen molar-refractivity contribution in [1.82, 2.24) is 0 Å². The normalized spacial score (nSPS) is 13.8. The molecule has 0 aliphatic heterocycles. The van der Waals surface area contributed by atoms with Gasteiger partial charge in [0.2, 0.25) is 0 Å². The Balaban J connectivity index is 4.60. The fraction of sp³-hybridized carbons (Fsp3) is 0.556. The monoisotopic (exact) mass is 186 g/mol. The topological polar surface area (TPSA) is 74.6 Å². The quantitative estimate of drug-likeness (QED) is 0.638. The highest BCUT2D eigenvalue weighted by molar-refractivity contribution is 5.93. The molecule has 2 N–H and O–H groups in total. The minimum Gasteiger partial charge on any atom is -0.481 e. The highest BCUT2D eigenvalue weighted by Crippen LogP contribution is 2.12. The van der Waals surface area contributed by atoms with Crippen molar-refractivity contribution >= 4 is 11.9 Å². The predicted octanol–water partition coefficient (Wildman–Crippen LogP) is 1.52. The lowest BCUT2D eigenvalue weighted by molar-refractivity contribution is -0.143. The van der Waals surface area contributed by atoms with Gasteiger partial charge in [-0.05, 0) is 13.3 Å². The highest BCUT2D eigenvalue weighted by atomic mass is 16.4. The van der Waals surface area contributed by atoms with Gasteiger partial charge < -0.3 is 10.2 Å². The molecule has 0 saturated carbocycles. The van der Waals surface area contributed by atoms with E-state index in [2.05, 4.69) is 0 Å². The minimum atomic E-state index is -1.15. The molecule has 0 aromatic rings. The van der Waals surface area contributed by atoms with Crippen LogP contribution in [0.1, 0.15) is 26.7 Å². The Hall–Kier alpha value is -1.32. The predicted molar refractivity (Wildman–Crippen MR) is 47.4 cm³/mol. The van der Waals surface area contributed by atoms with Crippen LogP contribution in [0.5, 0.6) is 0 Å². The summed E-state index contributed by atoms with van der Waals surface area (Å²) in [6.07, 6.45) is 2.88. The second-order valence-electron chi connectivity index (χ2n) is 2.81. The maximum atomic E-state index is 10.6. The van der Waals surface area contributed by atoms with E-state index in [-0.39, 0.29) is 5.57 Å². The molecular weight excluding hydrogens is 172 g/mol. The molecule has 0 heterocycles. The van der Waals surface area contributed by atoms with Crippen molar-refractivity contribution in [2.24, 2.45) is 5.92 Å². The maximum Gasteiger partial charge on any atom is 0.332 e. The number of rotatable bonds is 5.